The summed E-state index contributed by atoms with van der Waals surface area (Å²) in [6.45, 7) is 33.0. The third kappa shape index (κ3) is 10.7. The molecule has 315 valence electrons. The van der Waals surface area contributed by atoms with Crippen molar-refractivity contribution < 1.29 is 30.0 Å². The number of allylic oxidation sites excluding steroid dienone is 2. The van der Waals surface area contributed by atoms with Crippen molar-refractivity contribution in [2.75, 3.05) is 0 Å². The van der Waals surface area contributed by atoms with Gasteiger partial charge in [-0.25, -0.2) is 0 Å². The van der Waals surface area contributed by atoms with Crippen molar-refractivity contribution in [3.8, 4) is 11.3 Å². The van der Waals surface area contributed by atoms with E-state index in [4.69, 9.17) is 4.98 Å². The van der Waals surface area contributed by atoms with E-state index in [1.54, 1.807) is 0 Å². The first-order valence-corrected chi connectivity index (χ1v) is 22.3. The number of hydrogen-bond donors (Lipinski definition) is 1. The van der Waals surface area contributed by atoms with Crippen LogP contribution in [0.25, 0.3) is 43.6 Å². The van der Waals surface area contributed by atoms with Gasteiger partial charge in [0.15, 0.2) is 5.78 Å². The Morgan fingerprint density at radius 1 is 0.690 bits per heavy atom. The van der Waals surface area contributed by atoms with Crippen molar-refractivity contribution in [1.82, 2.24) is 4.98 Å². The van der Waals surface area contributed by atoms with Crippen LogP contribution in [-0.2, 0) is 44.2 Å². The second-order valence-corrected chi connectivity index (χ2v) is 22.0. The molecule has 0 unspecified atom stereocenters. The molecule has 0 spiro atoms. The molecular weight excluding hydrogens is 907 g/mol. The van der Waals surface area contributed by atoms with E-state index in [0.29, 0.717) is 0 Å². The molecule has 5 heteroatoms. The van der Waals surface area contributed by atoms with Gasteiger partial charge in [-0.1, -0.05) is 156 Å². The van der Waals surface area contributed by atoms with E-state index in [1.807, 2.05) is 59.5 Å². The van der Waals surface area contributed by atoms with Crippen molar-refractivity contribution in [3.63, 3.8) is 0 Å². The van der Waals surface area contributed by atoms with Crippen molar-refractivity contribution in [1.29, 1.82) is 0 Å². The van der Waals surface area contributed by atoms with E-state index in [1.165, 1.54) is 70.4 Å². The first kappa shape index (κ1) is 47.7. The van der Waals surface area contributed by atoms with Crippen LogP contribution >= 0.6 is 11.8 Å². The summed E-state index contributed by atoms with van der Waals surface area (Å²) < 4.78 is 0. The zero-order valence-electron chi connectivity index (χ0n) is 38.3. The van der Waals surface area contributed by atoms with Crippen LogP contribution in [0.1, 0.15) is 146 Å². The Morgan fingerprint density at radius 3 is 1.76 bits per heavy atom. The molecule has 0 bridgehead atoms. The minimum atomic E-state index is -0.337. The topological polar surface area (TPSA) is 50.2 Å². The smallest absolute Gasteiger partial charge is 0.164 e. The molecule has 0 fully saturated rings. The summed E-state index contributed by atoms with van der Waals surface area (Å²) in [5.41, 5.74) is 6.54. The van der Waals surface area contributed by atoms with Gasteiger partial charge >= 0.3 is 0 Å². The Bertz CT molecular complexity index is 2310. The molecular formula is C53H70IrNO2S-. The number of carbonyl (C=O) groups excluding carboxylic acids is 1. The first-order valence-electron chi connectivity index (χ1n) is 21.4. The van der Waals surface area contributed by atoms with Gasteiger partial charge in [-0.2, -0.15) is 0 Å². The van der Waals surface area contributed by atoms with Crippen molar-refractivity contribution >= 4 is 49.9 Å². The quantitative estimate of drug-likeness (QED) is 0.0643. The van der Waals surface area contributed by atoms with Crippen LogP contribution in [0, 0.1) is 33.1 Å². The maximum atomic E-state index is 12.2. The molecule has 3 nitrogen and oxygen atoms in total. The molecule has 0 saturated heterocycles. The fraction of sp³-hybridized carbons (Fsp3) is 0.509. The van der Waals surface area contributed by atoms with Crippen LogP contribution in [0.3, 0.4) is 0 Å². The standard InChI is InChI=1S/C38H42NS.C15H28O2.Ir/c1-36(2,3)20-23-11-13-28-25(16-23)18-30-34-33-29(14-15-39-34)27-12-10-24(21-37(4,5)6)17-26(27)19-32(33)40-35(30)31(28)22-38(7,8)9;1-7-14(5,8-2)12(16)11-13(17)15(6,9-3)10-4;/h10-17,19H,20-22H2,1-9H3;11,16H,7-10H2,1-6H3;/q-1;;/b;12-11-;. The summed E-state index contributed by atoms with van der Waals surface area (Å²) in [7, 11) is 0. The first-order chi connectivity index (χ1) is 26.4. The summed E-state index contributed by atoms with van der Waals surface area (Å²) in [6, 6.07) is 22.7. The van der Waals surface area contributed by atoms with Gasteiger partial charge in [-0.15, -0.1) is 29.3 Å². The maximum absolute atomic E-state index is 12.2. The molecule has 0 amide bonds. The molecule has 1 radical (unpaired) electrons. The van der Waals surface area contributed by atoms with Gasteiger partial charge in [0.2, 0.25) is 0 Å². The third-order valence-corrected chi connectivity index (χ3v) is 13.5. The predicted octanol–water partition coefficient (Wildman–Crippen LogP) is 15.9. The summed E-state index contributed by atoms with van der Waals surface area (Å²) in [4.78, 5) is 19.9. The molecule has 1 N–H and O–H groups in total. The monoisotopic (exact) mass is 977 g/mol. The van der Waals surface area contributed by atoms with Gasteiger partial charge in [0.1, 0.15) is 5.76 Å². The van der Waals surface area contributed by atoms with E-state index < -0.39 is 0 Å². The molecule has 0 atom stereocenters. The fourth-order valence-corrected chi connectivity index (χ4v) is 9.31. The van der Waals surface area contributed by atoms with Crippen molar-refractivity contribution in [2.24, 2.45) is 27.1 Å². The Morgan fingerprint density at radius 2 is 1.22 bits per heavy atom. The van der Waals surface area contributed by atoms with Gasteiger partial charge in [0.05, 0.1) is 0 Å². The number of fused-ring (bicyclic) bond motifs is 5. The summed E-state index contributed by atoms with van der Waals surface area (Å²) >= 11 is 1.93. The van der Waals surface area contributed by atoms with Gasteiger partial charge in [-0.05, 0) is 105 Å². The third-order valence-electron chi connectivity index (χ3n) is 12.3. The van der Waals surface area contributed by atoms with Gasteiger partial charge < -0.3 is 5.11 Å². The van der Waals surface area contributed by atoms with Gasteiger partial charge in [0.25, 0.3) is 0 Å². The number of nitrogens with zero attached hydrogens (tertiary/aromatic N) is 1. The number of aliphatic hydroxyl groups is 1. The summed E-state index contributed by atoms with van der Waals surface area (Å²) in [5.74, 6) is 0.286. The van der Waals surface area contributed by atoms with Crippen LogP contribution in [-0.4, -0.2) is 15.9 Å². The number of rotatable bonds is 10. The van der Waals surface area contributed by atoms with Crippen LogP contribution in [0.2, 0.25) is 0 Å². The SMILES string of the molecule is CC(C)(C)Cc1ccc2c(CC(C)(C)C)c3c([c-]c2c1)-c1nccc2c1c(cc1cc(CC(C)(C)C)ccc12)S3.CCC(C)(CC)C(=O)/C=C(\O)C(C)(CC)CC.[Ir]. The summed E-state index contributed by atoms with van der Waals surface area (Å²) in [5, 5.41) is 17.9. The summed E-state index contributed by atoms with van der Waals surface area (Å²) in [6.07, 6.45) is 9.89. The number of ketones is 1. The number of hydrogen-bond acceptors (Lipinski definition) is 4. The second-order valence-electron chi connectivity index (χ2n) is 20.9. The maximum Gasteiger partial charge on any atom is 0.164 e. The average Bonchev–Trinajstić information content (AvgIpc) is 3.12. The Hall–Kier alpha value is -2.98. The molecule has 58 heavy (non-hydrogen) atoms. The van der Waals surface area contributed by atoms with Gasteiger partial charge in [-0.3, -0.25) is 9.78 Å². The largest absolute Gasteiger partial charge is 0.512 e. The number of pyridine rings is 1. The Balaban J connectivity index is 0.000000353. The van der Waals surface area contributed by atoms with Crippen LogP contribution in [0.4, 0.5) is 0 Å². The van der Waals surface area contributed by atoms with Crippen LogP contribution in [0.5, 0.6) is 0 Å². The van der Waals surface area contributed by atoms with Gasteiger partial charge in [0, 0.05) is 53.8 Å². The van der Waals surface area contributed by atoms with E-state index in [9.17, 15) is 9.90 Å². The zero-order chi connectivity index (χ0) is 42.3. The van der Waals surface area contributed by atoms with Crippen molar-refractivity contribution in [3.05, 3.63) is 89.3 Å². The van der Waals surface area contributed by atoms with E-state index in [2.05, 4.69) is 117 Å². The predicted molar refractivity (Wildman–Crippen MR) is 248 cm³/mol. The molecule has 4 aromatic carbocycles. The Kier molecular flexibility index (Phi) is 14.7. The Labute approximate surface area is 369 Å². The zero-order valence-corrected chi connectivity index (χ0v) is 41.5. The molecule has 0 aliphatic carbocycles. The molecule has 5 aromatic rings. The molecule has 1 aromatic heterocycles. The number of carbonyl (C=O) groups is 1. The van der Waals surface area contributed by atoms with E-state index in [0.717, 1.165) is 50.6 Å². The normalized spacial score (nSPS) is 13.6. The van der Waals surface area contributed by atoms with Crippen LogP contribution < -0.4 is 0 Å². The van der Waals surface area contributed by atoms with Crippen LogP contribution in [0.15, 0.2) is 76.4 Å². The molecule has 1 aliphatic rings. The minimum Gasteiger partial charge on any atom is -0.512 e. The second kappa shape index (κ2) is 17.9. The number of aromatic nitrogens is 1. The minimum absolute atomic E-state index is 0. The number of benzene rings is 4. The van der Waals surface area contributed by atoms with Crippen molar-refractivity contribution in [2.45, 2.75) is 159 Å². The molecule has 6 rings (SSSR count). The van der Waals surface area contributed by atoms with E-state index >= 15 is 0 Å². The molecule has 0 saturated carbocycles. The van der Waals surface area contributed by atoms with E-state index in [-0.39, 0.29) is 58.7 Å². The number of aliphatic hydroxyl groups excluding tert-OH is 1. The molecule has 2 heterocycles. The molecule has 1 aliphatic heterocycles. The fourth-order valence-electron chi connectivity index (χ4n) is 8.04. The average molecular weight is 977 g/mol.